The van der Waals surface area contributed by atoms with Crippen LogP contribution in [0.1, 0.15) is 25.7 Å². The molecular formula is C26H54ClNO9. The smallest absolute Gasteiger partial charge is 0.0701 e. The van der Waals surface area contributed by atoms with Gasteiger partial charge in [0.2, 0.25) is 0 Å². The summed E-state index contributed by atoms with van der Waals surface area (Å²) in [4.78, 5) is 2.09. The molecule has 0 fully saturated rings. The summed E-state index contributed by atoms with van der Waals surface area (Å²) in [6, 6.07) is 0. The largest absolute Gasteiger partial charge is 0.379 e. The number of hydrogen-bond donors (Lipinski definition) is 0. The maximum absolute atomic E-state index is 5.64. The van der Waals surface area contributed by atoms with Gasteiger partial charge in [0.25, 0.3) is 0 Å². The first kappa shape index (κ1) is 36.9. The van der Waals surface area contributed by atoms with E-state index in [0.29, 0.717) is 106 Å². The summed E-state index contributed by atoms with van der Waals surface area (Å²) in [5.41, 5.74) is 0. The molecule has 0 aliphatic carbocycles. The van der Waals surface area contributed by atoms with Crippen LogP contribution in [0.2, 0.25) is 0 Å². The lowest BCUT2D eigenvalue weighted by molar-refractivity contribution is -0.0251. The fourth-order valence-corrected chi connectivity index (χ4v) is 2.95. The molecule has 0 aliphatic rings. The van der Waals surface area contributed by atoms with E-state index in [9.17, 15) is 0 Å². The van der Waals surface area contributed by atoms with E-state index in [-0.39, 0.29) is 0 Å². The Hall–Kier alpha value is -0.110. The minimum Gasteiger partial charge on any atom is -0.379 e. The third-order valence-corrected chi connectivity index (χ3v) is 5.10. The van der Waals surface area contributed by atoms with Crippen molar-refractivity contribution < 1.29 is 42.6 Å². The van der Waals surface area contributed by atoms with Crippen molar-refractivity contribution >= 4 is 11.6 Å². The van der Waals surface area contributed by atoms with Crippen LogP contribution in [0.3, 0.4) is 0 Å². The number of halogens is 1. The molecule has 11 heteroatoms. The molecule has 0 aromatic carbocycles. The van der Waals surface area contributed by atoms with E-state index in [0.717, 1.165) is 38.5 Å². The van der Waals surface area contributed by atoms with Crippen LogP contribution in [-0.2, 0) is 42.6 Å². The first-order chi connectivity index (χ1) is 18.3. The maximum Gasteiger partial charge on any atom is 0.0701 e. The van der Waals surface area contributed by atoms with Crippen LogP contribution in [0.4, 0.5) is 0 Å². The van der Waals surface area contributed by atoms with E-state index in [1.54, 1.807) is 0 Å². The van der Waals surface area contributed by atoms with Gasteiger partial charge in [0.05, 0.1) is 112 Å². The van der Waals surface area contributed by atoms with Gasteiger partial charge in [-0.15, -0.1) is 11.6 Å². The fraction of sp³-hybridized carbons (Fsp3) is 1.00. The van der Waals surface area contributed by atoms with Gasteiger partial charge in [0.1, 0.15) is 0 Å². The molecule has 37 heavy (non-hydrogen) atoms. The zero-order valence-corrected chi connectivity index (χ0v) is 24.2. The van der Waals surface area contributed by atoms with Gasteiger partial charge in [0.15, 0.2) is 0 Å². The summed E-state index contributed by atoms with van der Waals surface area (Å²) < 4.78 is 49.2. The van der Waals surface area contributed by atoms with Crippen molar-refractivity contribution in [3.63, 3.8) is 0 Å². The Kier molecular flexibility index (Phi) is 33.8. The summed E-state index contributed by atoms with van der Waals surface area (Å²) in [6.45, 7) is 11.4. The fourth-order valence-electron chi connectivity index (χ4n) is 2.76. The molecule has 0 aromatic heterocycles. The Morgan fingerprint density at radius 2 is 0.622 bits per heavy atom. The molecule has 0 amide bonds. The predicted octanol–water partition coefficient (Wildman–Crippen LogP) is 2.50. The summed E-state index contributed by atoms with van der Waals surface area (Å²) >= 11 is 5.64. The Labute approximate surface area is 230 Å². The highest BCUT2D eigenvalue weighted by atomic mass is 35.5. The molecule has 0 saturated carbocycles. The lowest BCUT2D eigenvalue weighted by Gasteiger charge is -2.10. The summed E-state index contributed by atoms with van der Waals surface area (Å²) in [7, 11) is 4.05. The third-order valence-electron chi connectivity index (χ3n) is 4.83. The molecule has 0 aliphatic heterocycles. The number of rotatable bonds is 33. The second kappa shape index (κ2) is 33.9. The van der Waals surface area contributed by atoms with Gasteiger partial charge in [0, 0.05) is 19.0 Å². The van der Waals surface area contributed by atoms with E-state index in [2.05, 4.69) is 4.90 Å². The molecule has 0 aromatic rings. The van der Waals surface area contributed by atoms with Crippen molar-refractivity contribution in [2.24, 2.45) is 0 Å². The van der Waals surface area contributed by atoms with Gasteiger partial charge in [-0.05, 0) is 26.9 Å². The maximum atomic E-state index is 5.64. The molecule has 0 bridgehead atoms. The molecule has 0 N–H and O–H groups in total. The Balaban J connectivity index is 3.01. The van der Waals surface area contributed by atoms with Crippen LogP contribution < -0.4 is 0 Å². The van der Waals surface area contributed by atoms with E-state index in [4.69, 9.17) is 54.2 Å². The Bertz CT molecular complexity index is 412. The highest BCUT2D eigenvalue weighted by molar-refractivity contribution is 6.17. The lowest BCUT2D eigenvalue weighted by atomic mass is 10.2. The van der Waals surface area contributed by atoms with E-state index in [1.165, 1.54) is 12.8 Å². The van der Waals surface area contributed by atoms with Crippen LogP contribution in [0.15, 0.2) is 0 Å². The average molecular weight is 560 g/mol. The molecule has 0 heterocycles. The van der Waals surface area contributed by atoms with E-state index < -0.39 is 0 Å². The van der Waals surface area contributed by atoms with Crippen molar-refractivity contribution in [3.05, 3.63) is 0 Å². The van der Waals surface area contributed by atoms with Gasteiger partial charge in [-0.25, -0.2) is 0 Å². The normalized spacial score (nSPS) is 11.7. The van der Waals surface area contributed by atoms with Crippen LogP contribution in [0.25, 0.3) is 0 Å². The van der Waals surface area contributed by atoms with Crippen molar-refractivity contribution in [1.29, 1.82) is 0 Å². The van der Waals surface area contributed by atoms with E-state index in [1.807, 2.05) is 14.1 Å². The monoisotopic (exact) mass is 559 g/mol. The topological polar surface area (TPSA) is 86.3 Å². The van der Waals surface area contributed by atoms with Gasteiger partial charge in [-0.2, -0.15) is 0 Å². The summed E-state index contributed by atoms with van der Waals surface area (Å²) in [6.07, 6.45) is 4.52. The first-order valence-electron chi connectivity index (χ1n) is 13.7. The van der Waals surface area contributed by atoms with Crippen LogP contribution in [0, 0.1) is 0 Å². The molecule has 0 unspecified atom stereocenters. The Morgan fingerprint density at radius 3 is 0.919 bits per heavy atom. The van der Waals surface area contributed by atoms with Crippen LogP contribution in [0.5, 0.6) is 0 Å². The molecule has 0 saturated heterocycles. The second-order valence-electron chi connectivity index (χ2n) is 8.42. The number of alkyl halides is 1. The minimum atomic E-state index is 0.534. The van der Waals surface area contributed by atoms with Crippen molar-refractivity contribution in [2.75, 3.05) is 145 Å². The highest BCUT2D eigenvalue weighted by Gasteiger charge is 1.96. The van der Waals surface area contributed by atoms with E-state index >= 15 is 0 Å². The predicted molar refractivity (Wildman–Crippen MR) is 145 cm³/mol. The zero-order chi connectivity index (χ0) is 26.9. The van der Waals surface area contributed by atoms with Crippen molar-refractivity contribution in [3.8, 4) is 0 Å². The summed E-state index contributed by atoms with van der Waals surface area (Å²) in [5, 5.41) is 0. The number of ether oxygens (including phenoxy) is 9. The van der Waals surface area contributed by atoms with Gasteiger partial charge in [-0.1, -0.05) is 12.8 Å². The average Bonchev–Trinajstić information content (AvgIpc) is 2.89. The number of unbranched alkanes of at least 4 members (excludes halogenated alkanes) is 3. The van der Waals surface area contributed by atoms with Crippen LogP contribution >= 0.6 is 11.6 Å². The van der Waals surface area contributed by atoms with Gasteiger partial charge >= 0.3 is 0 Å². The second-order valence-corrected chi connectivity index (χ2v) is 8.80. The molecule has 224 valence electrons. The van der Waals surface area contributed by atoms with Gasteiger partial charge < -0.3 is 47.5 Å². The molecular weight excluding hydrogens is 506 g/mol. The molecule has 0 rings (SSSR count). The number of nitrogens with zero attached hydrogens (tertiary/aromatic N) is 1. The quantitative estimate of drug-likeness (QED) is 0.0883. The standard InChI is InChI=1S/C26H54ClNO9/c1-28(2)8-10-30-12-14-32-16-18-34-20-22-36-24-26-37-25-23-35-21-19-33-17-15-31-13-11-29-9-6-4-3-5-7-27/h3-26H2,1-2H3. The molecule has 0 radical (unpaired) electrons. The SMILES string of the molecule is CN(C)CCOCCOCCOCCOCCOCCOCCOCCOCCOCCCCCCCl. The molecule has 10 nitrogen and oxygen atoms in total. The third kappa shape index (κ3) is 35.9. The van der Waals surface area contributed by atoms with Crippen molar-refractivity contribution in [1.82, 2.24) is 4.90 Å². The van der Waals surface area contributed by atoms with Crippen molar-refractivity contribution in [2.45, 2.75) is 25.7 Å². The van der Waals surface area contributed by atoms with Gasteiger partial charge in [-0.3, -0.25) is 0 Å². The first-order valence-corrected chi connectivity index (χ1v) is 14.2. The molecule has 0 spiro atoms. The lowest BCUT2D eigenvalue weighted by Crippen LogP contribution is -2.19. The zero-order valence-electron chi connectivity index (χ0n) is 23.5. The Morgan fingerprint density at radius 1 is 0.351 bits per heavy atom. The number of likely N-dealkylation sites (N-methyl/N-ethyl adjacent to an activating group) is 1. The summed E-state index contributed by atoms with van der Waals surface area (Å²) in [5.74, 6) is 0.748. The number of hydrogen-bond acceptors (Lipinski definition) is 10. The van der Waals surface area contributed by atoms with Crippen LogP contribution in [-0.4, -0.2) is 150 Å². The minimum absolute atomic E-state index is 0.534. The highest BCUT2D eigenvalue weighted by Crippen LogP contribution is 2.01. The molecule has 0 atom stereocenters.